The lowest BCUT2D eigenvalue weighted by molar-refractivity contribution is -0.143. The molecule has 1 fully saturated rings. The fourth-order valence-electron chi connectivity index (χ4n) is 2.23. The van der Waals surface area contributed by atoms with E-state index >= 15 is 0 Å². The maximum Gasteiger partial charge on any atom is 0.306 e. The van der Waals surface area contributed by atoms with E-state index in [1.807, 2.05) is 0 Å². The molecule has 0 atom stereocenters. The first-order valence-corrected chi connectivity index (χ1v) is 5.86. The maximum absolute atomic E-state index is 10.8. The van der Waals surface area contributed by atoms with Crippen LogP contribution in [0.2, 0.25) is 0 Å². The van der Waals surface area contributed by atoms with E-state index in [0.717, 1.165) is 32.2 Å². The van der Waals surface area contributed by atoms with Crippen molar-refractivity contribution in [2.45, 2.75) is 25.7 Å². The number of carboxylic acids is 1. The van der Waals surface area contributed by atoms with Gasteiger partial charge in [0.1, 0.15) is 0 Å². The van der Waals surface area contributed by atoms with E-state index in [-0.39, 0.29) is 5.92 Å². The molecule has 2 N–H and O–H groups in total. The van der Waals surface area contributed by atoms with Crippen LogP contribution < -0.4 is 5.32 Å². The predicted molar refractivity (Wildman–Crippen MR) is 60.4 cm³/mol. The Hall–Kier alpha value is -1.66. The fourth-order valence-corrected chi connectivity index (χ4v) is 2.23. The summed E-state index contributed by atoms with van der Waals surface area (Å²) in [7, 11) is 1.78. The molecule has 1 aliphatic rings. The van der Waals surface area contributed by atoms with E-state index in [1.54, 1.807) is 11.7 Å². The van der Waals surface area contributed by atoms with Gasteiger partial charge in [0, 0.05) is 13.6 Å². The number of carbonyl (C=O) groups is 1. The lowest BCUT2D eigenvalue weighted by atomic mass is 9.82. The van der Waals surface area contributed by atoms with Crippen LogP contribution in [-0.4, -0.2) is 37.8 Å². The van der Waals surface area contributed by atoms with Gasteiger partial charge >= 0.3 is 5.97 Å². The summed E-state index contributed by atoms with van der Waals surface area (Å²) >= 11 is 0. The number of hydrogen-bond donors (Lipinski definition) is 2. The Labute approximate surface area is 99.2 Å². The van der Waals surface area contributed by atoms with Gasteiger partial charge in [0.2, 0.25) is 5.95 Å². The van der Waals surface area contributed by atoms with Crippen molar-refractivity contribution in [1.29, 1.82) is 0 Å². The molecule has 0 bridgehead atoms. The molecule has 0 aromatic carbocycles. The zero-order valence-corrected chi connectivity index (χ0v) is 9.83. The van der Waals surface area contributed by atoms with Gasteiger partial charge in [-0.05, 0) is 42.0 Å². The molecule has 1 aliphatic carbocycles. The van der Waals surface area contributed by atoms with E-state index in [1.165, 1.54) is 0 Å². The second-order valence-electron chi connectivity index (χ2n) is 4.56. The molecule has 17 heavy (non-hydrogen) atoms. The summed E-state index contributed by atoms with van der Waals surface area (Å²) in [6, 6.07) is 0. The second-order valence-corrected chi connectivity index (χ2v) is 4.56. The summed E-state index contributed by atoms with van der Waals surface area (Å²) in [6.07, 6.45) is 3.46. The van der Waals surface area contributed by atoms with Gasteiger partial charge < -0.3 is 10.4 Å². The van der Waals surface area contributed by atoms with Crippen LogP contribution in [0.4, 0.5) is 5.95 Å². The van der Waals surface area contributed by atoms with Crippen LogP contribution in [0, 0.1) is 11.8 Å². The molecule has 94 valence electrons. The van der Waals surface area contributed by atoms with Gasteiger partial charge in [-0.15, -0.1) is 0 Å². The molecule has 1 aromatic rings. The van der Waals surface area contributed by atoms with Gasteiger partial charge in [-0.3, -0.25) is 4.79 Å². The van der Waals surface area contributed by atoms with Crippen LogP contribution in [-0.2, 0) is 11.8 Å². The first-order chi connectivity index (χ1) is 8.16. The van der Waals surface area contributed by atoms with Gasteiger partial charge in [0.05, 0.1) is 5.92 Å². The topological polar surface area (TPSA) is 92.9 Å². The Morgan fingerprint density at radius 1 is 1.47 bits per heavy atom. The van der Waals surface area contributed by atoms with Crippen molar-refractivity contribution in [3.05, 3.63) is 0 Å². The van der Waals surface area contributed by atoms with E-state index in [2.05, 4.69) is 20.8 Å². The van der Waals surface area contributed by atoms with Crippen molar-refractivity contribution in [3.63, 3.8) is 0 Å². The number of carboxylic acid groups (broad SMARTS) is 1. The van der Waals surface area contributed by atoms with Gasteiger partial charge in [-0.25, -0.2) is 4.68 Å². The standard InChI is InChI=1S/C10H17N5O2/c1-15-10(12-13-14-15)11-6-7-2-4-8(5-3-7)9(16)17/h7-8H,2-6H2,1H3,(H,16,17)(H,11,12,14). The minimum absolute atomic E-state index is 0.150. The Balaban J connectivity index is 1.75. The normalized spacial score (nSPS) is 24.5. The van der Waals surface area contributed by atoms with Crippen molar-refractivity contribution in [2.24, 2.45) is 18.9 Å². The number of nitrogens with one attached hydrogen (secondary N) is 1. The summed E-state index contributed by atoms with van der Waals surface area (Å²) < 4.78 is 1.59. The molecule has 7 heteroatoms. The average molecular weight is 239 g/mol. The Morgan fingerprint density at radius 3 is 2.71 bits per heavy atom. The van der Waals surface area contributed by atoms with Crippen LogP contribution in [0.1, 0.15) is 25.7 Å². The first-order valence-electron chi connectivity index (χ1n) is 5.86. The third-order valence-electron chi connectivity index (χ3n) is 3.36. The highest BCUT2D eigenvalue weighted by atomic mass is 16.4. The van der Waals surface area contributed by atoms with Crippen LogP contribution in [0.15, 0.2) is 0 Å². The molecule has 0 radical (unpaired) electrons. The molecule has 1 saturated carbocycles. The molecule has 0 aliphatic heterocycles. The molecule has 0 spiro atoms. The Morgan fingerprint density at radius 2 is 2.18 bits per heavy atom. The van der Waals surface area contributed by atoms with E-state index < -0.39 is 5.97 Å². The molecule has 1 heterocycles. The monoisotopic (exact) mass is 239 g/mol. The highest BCUT2D eigenvalue weighted by molar-refractivity contribution is 5.69. The number of aryl methyl sites for hydroxylation is 1. The molecule has 0 amide bonds. The van der Waals surface area contributed by atoms with Crippen LogP contribution in [0.25, 0.3) is 0 Å². The first kappa shape index (κ1) is 11.8. The number of anilines is 1. The Bertz CT molecular complexity index is 384. The third kappa shape index (κ3) is 2.92. The van der Waals surface area contributed by atoms with Gasteiger partial charge in [0.25, 0.3) is 0 Å². The fraction of sp³-hybridized carbons (Fsp3) is 0.800. The van der Waals surface area contributed by atoms with E-state index in [4.69, 9.17) is 5.11 Å². The van der Waals surface area contributed by atoms with E-state index in [9.17, 15) is 4.79 Å². The molecule has 0 saturated heterocycles. The number of aliphatic carboxylic acids is 1. The number of nitrogens with zero attached hydrogens (tertiary/aromatic N) is 4. The highest BCUT2D eigenvalue weighted by Gasteiger charge is 2.25. The number of hydrogen-bond acceptors (Lipinski definition) is 5. The third-order valence-corrected chi connectivity index (χ3v) is 3.36. The molecule has 2 rings (SSSR count). The largest absolute Gasteiger partial charge is 0.481 e. The Kier molecular flexibility index (Phi) is 3.55. The van der Waals surface area contributed by atoms with Crippen molar-refractivity contribution >= 4 is 11.9 Å². The quantitative estimate of drug-likeness (QED) is 0.795. The number of rotatable bonds is 4. The smallest absolute Gasteiger partial charge is 0.306 e. The van der Waals surface area contributed by atoms with Gasteiger partial charge in [-0.2, -0.15) is 0 Å². The summed E-state index contributed by atoms with van der Waals surface area (Å²) in [5, 5.41) is 23.2. The van der Waals surface area contributed by atoms with Crippen LogP contribution >= 0.6 is 0 Å². The summed E-state index contributed by atoms with van der Waals surface area (Å²) in [6.45, 7) is 0.806. The lowest BCUT2D eigenvalue weighted by Crippen LogP contribution is -2.25. The summed E-state index contributed by atoms with van der Waals surface area (Å²) in [4.78, 5) is 10.8. The molecule has 0 unspecified atom stereocenters. The summed E-state index contributed by atoms with van der Waals surface area (Å²) in [5.41, 5.74) is 0. The maximum atomic E-state index is 10.8. The molecular weight excluding hydrogens is 222 g/mol. The number of tetrazole rings is 1. The molecule has 7 nitrogen and oxygen atoms in total. The zero-order chi connectivity index (χ0) is 12.3. The lowest BCUT2D eigenvalue weighted by Gasteiger charge is -2.26. The molecular formula is C10H17N5O2. The van der Waals surface area contributed by atoms with Gasteiger partial charge in [0.15, 0.2) is 0 Å². The van der Waals surface area contributed by atoms with Crippen LogP contribution in [0.3, 0.4) is 0 Å². The highest BCUT2D eigenvalue weighted by Crippen LogP contribution is 2.28. The average Bonchev–Trinajstić information content (AvgIpc) is 2.73. The molecule has 1 aromatic heterocycles. The minimum atomic E-state index is -0.658. The van der Waals surface area contributed by atoms with Crippen LogP contribution in [0.5, 0.6) is 0 Å². The van der Waals surface area contributed by atoms with Crippen molar-refractivity contribution in [1.82, 2.24) is 20.2 Å². The number of aromatic nitrogens is 4. The van der Waals surface area contributed by atoms with Crippen molar-refractivity contribution in [3.8, 4) is 0 Å². The van der Waals surface area contributed by atoms with Crippen molar-refractivity contribution < 1.29 is 9.90 Å². The van der Waals surface area contributed by atoms with Gasteiger partial charge in [-0.1, -0.05) is 5.10 Å². The van der Waals surface area contributed by atoms with Crippen molar-refractivity contribution in [2.75, 3.05) is 11.9 Å². The predicted octanol–water partition coefficient (Wildman–Crippen LogP) is 0.513. The zero-order valence-electron chi connectivity index (χ0n) is 9.83. The summed E-state index contributed by atoms with van der Waals surface area (Å²) in [5.74, 6) is 0.365. The minimum Gasteiger partial charge on any atom is -0.481 e. The SMILES string of the molecule is Cn1nnnc1NCC1CCC(C(=O)O)CC1. The second kappa shape index (κ2) is 5.11. The van der Waals surface area contributed by atoms with E-state index in [0.29, 0.717) is 11.9 Å².